The lowest BCUT2D eigenvalue weighted by Crippen LogP contribution is -2.04. The number of aromatic carboxylic acids is 1. The third-order valence-electron chi connectivity index (χ3n) is 3.30. The van der Waals surface area contributed by atoms with Crippen molar-refractivity contribution in [1.29, 1.82) is 0 Å². The van der Waals surface area contributed by atoms with Gasteiger partial charge in [-0.25, -0.2) is 4.79 Å². The van der Waals surface area contributed by atoms with E-state index in [1.807, 2.05) is 37.3 Å². The highest BCUT2D eigenvalue weighted by atomic mass is 16.4. The summed E-state index contributed by atoms with van der Waals surface area (Å²) in [6.07, 6.45) is 0.599. The maximum absolute atomic E-state index is 11.4. The Morgan fingerprint density at radius 1 is 1.21 bits per heavy atom. The van der Waals surface area contributed by atoms with E-state index >= 15 is 0 Å². The fourth-order valence-electron chi connectivity index (χ4n) is 2.29. The van der Waals surface area contributed by atoms with Crippen LogP contribution in [0.15, 0.2) is 36.4 Å². The van der Waals surface area contributed by atoms with Crippen molar-refractivity contribution in [3.63, 3.8) is 0 Å². The zero-order valence-electron chi connectivity index (χ0n) is 11.0. The lowest BCUT2D eigenvalue weighted by molar-refractivity contribution is 0.0697. The number of aromatic hydroxyl groups is 1. The third kappa shape index (κ3) is 2.32. The predicted molar refractivity (Wildman–Crippen MR) is 74.6 cm³/mol. The summed E-state index contributed by atoms with van der Waals surface area (Å²) in [4.78, 5) is 11.4. The van der Waals surface area contributed by atoms with Gasteiger partial charge in [0, 0.05) is 5.56 Å². The van der Waals surface area contributed by atoms with Gasteiger partial charge in [0.1, 0.15) is 5.75 Å². The number of phenols is 1. The van der Waals surface area contributed by atoms with E-state index in [0.29, 0.717) is 23.1 Å². The van der Waals surface area contributed by atoms with Crippen LogP contribution in [0.5, 0.6) is 5.75 Å². The first kappa shape index (κ1) is 13.1. The molecule has 0 saturated carbocycles. The van der Waals surface area contributed by atoms with E-state index in [1.165, 1.54) is 0 Å². The fourth-order valence-corrected chi connectivity index (χ4v) is 2.29. The highest BCUT2D eigenvalue weighted by molar-refractivity contribution is 5.98. The van der Waals surface area contributed by atoms with E-state index in [2.05, 4.69) is 0 Å². The Balaban J connectivity index is 2.79. The van der Waals surface area contributed by atoms with E-state index in [9.17, 15) is 15.0 Å². The molecular weight excluding hydrogens is 240 g/mol. The van der Waals surface area contributed by atoms with Gasteiger partial charge in [0.15, 0.2) is 0 Å². The second-order valence-corrected chi connectivity index (χ2v) is 4.46. The molecule has 2 rings (SSSR count). The van der Waals surface area contributed by atoms with Crippen molar-refractivity contribution < 1.29 is 15.0 Å². The number of rotatable bonds is 3. The molecule has 0 saturated heterocycles. The van der Waals surface area contributed by atoms with Gasteiger partial charge in [0.2, 0.25) is 0 Å². The SMILES string of the molecule is CCc1cc(C(=O)O)c(-c2ccccc2)c(C)c1O. The van der Waals surface area contributed by atoms with Crippen LogP contribution in [0, 0.1) is 6.92 Å². The Labute approximate surface area is 112 Å². The Morgan fingerprint density at radius 3 is 2.37 bits per heavy atom. The summed E-state index contributed by atoms with van der Waals surface area (Å²) in [5.41, 5.74) is 2.90. The van der Waals surface area contributed by atoms with Gasteiger partial charge in [0.05, 0.1) is 5.56 Å². The van der Waals surface area contributed by atoms with Crippen molar-refractivity contribution in [2.75, 3.05) is 0 Å². The molecule has 0 aromatic heterocycles. The van der Waals surface area contributed by atoms with Crippen LogP contribution in [-0.4, -0.2) is 16.2 Å². The predicted octanol–water partition coefficient (Wildman–Crippen LogP) is 3.63. The normalized spacial score (nSPS) is 10.4. The minimum absolute atomic E-state index is 0.186. The van der Waals surface area contributed by atoms with Crippen molar-refractivity contribution in [3.05, 3.63) is 53.1 Å². The van der Waals surface area contributed by atoms with Crippen LogP contribution in [0.3, 0.4) is 0 Å². The number of carboxylic acids is 1. The molecule has 0 unspecified atom stereocenters. The maximum atomic E-state index is 11.4. The Bertz CT molecular complexity index is 616. The third-order valence-corrected chi connectivity index (χ3v) is 3.30. The van der Waals surface area contributed by atoms with Gasteiger partial charge >= 0.3 is 5.97 Å². The van der Waals surface area contributed by atoms with Crippen molar-refractivity contribution in [3.8, 4) is 16.9 Å². The average Bonchev–Trinajstić information content (AvgIpc) is 2.42. The zero-order valence-corrected chi connectivity index (χ0v) is 11.0. The molecule has 2 N–H and O–H groups in total. The summed E-state index contributed by atoms with van der Waals surface area (Å²) >= 11 is 0. The molecule has 19 heavy (non-hydrogen) atoms. The molecule has 0 aliphatic heterocycles. The molecule has 2 aromatic rings. The molecular formula is C16H16O3. The first-order valence-corrected chi connectivity index (χ1v) is 6.20. The lowest BCUT2D eigenvalue weighted by atomic mass is 9.91. The number of hydrogen-bond acceptors (Lipinski definition) is 2. The van der Waals surface area contributed by atoms with Crippen LogP contribution in [0.2, 0.25) is 0 Å². The van der Waals surface area contributed by atoms with Crippen molar-refractivity contribution in [1.82, 2.24) is 0 Å². The van der Waals surface area contributed by atoms with Crippen LogP contribution in [0.25, 0.3) is 11.1 Å². The van der Waals surface area contributed by atoms with Crippen LogP contribution in [0.1, 0.15) is 28.4 Å². The van der Waals surface area contributed by atoms with E-state index in [0.717, 1.165) is 5.56 Å². The highest BCUT2D eigenvalue weighted by Crippen LogP contribution is 2.35. The summed E-state index contributed by atoms with van der Waals surface area (Å²) in [5, 5.41) is 19.5. The summed E-state index contributed by atoms with van der Waals surface area (Å²) in [7, 11) is 0. The first-order valence-electron chi connectivity index (χ1n) is 6.20. The minimum atomic E-state index is -0.975. The van der Waals surface area contributed by atoms with Gasteiger partial charge in [-0.3, -0.25) is 0 Å². The lowest BCUT2D eigenvalue weighted by Gasteiger charge is -2.15. The monoisotopic (exact) mass is 256 g/mol. The average molecular weight is 256 g/mol. The van der Waals surface area contributed by atoms with E-state index in [4.69, 9.17) is 0 Å². The van der Waals surface area contributed by atoms with Crippen molar-refractivity contribution in [2.45, 2.75) is 20.3 Å². The number of phenolic OH excluding ortho intramolecular Hbond substituents is 1. The van der Waals surface area contributed by atoms with E-state index in [-0.39, 0.29) is 11.3 Å². The number of carbonyl (C=O) groups is 1. The van der Waals surface area contributed by atoms with Gasteiger partial charge in [-0.1, -0.05) is 37.3 Å². The molecule has 0 bridgehead atoms. The topological polar surface area (TPSA) is 57.5 Å². The number of hydrogen-bond donors (Lipinski definition) is 2. The molecule has 0 amide bonds. The molecule has 0 fully saturated rings. The summed E-state index contributed by atoms with van der Waals surface area (Å²) < 4.78 is 0. The summed E-state index contributed by atoms with van der Waals surface area (Å²) in [6, 6.07) is 10.8. The number of carboxylic acid groups (broad SMARTS) is 1. The van der Waals surface area contributed by atoms with E-state index < -0.39 is 5.97 Å². The molecule has 0 aliphatic rings. The molecule has 98 valence electrons. The fraction of sp³-hybridized carbons (Fsp3) is 0.188. The van der Waals surface area contributed by atoms with E-state index in [1.54, 1.807) is 13.0 Å². The zero-order chi connectivity index (χ0) is 14.0. The Kier molecular flexibility index (Phi) is 3.56. The van der Waals surface area contributed by atoms with Crippen LogP contribution in [0.4, 0.5) is 0 Å². The van der Waals surface area contributed by atoms with Gasteiger partial charge in [0.25, 0.3) is 0 Å². The Hall–Kier alpha value is -2.29. The highest BCUT2D eigenvalue weighted by Gasteiger charge is 2.19. The van der Waals surface area contributed by atoms with Crippen LogP contribution >= 0.6 is 0 Å². The molecule has 2 aromatic carbocycles. The minimum Gasteiger partial charge on any atom is -0.507 e. The van der Waals surface area contributed by atoms with Crippen LogP contribution in [-0.2, 0) is 6.42 Å². The summed E-state index contributed by atoms with van der Waals surface area (Å²) in [5.74, 6) is -0.789. The standard InChI is InChI=1S/C16H16O3/c1-3-11-9-13(16(18)19)14(10(2)15(11)17)12-7-5-4-6-8-12/h4-9,17H,3H2,1-2H3,(H,18,19). The molecule has 0 atom stereocenters. The molecule has 0 spiro atoms. The summed E-state index contributed by atoms with van der Waals surface area (Å²) in [6.45, 7) is 3.64. The Morgan fingerprint density at radius 2 is 1.84 bits per heavy atom. The quantitative estimate of drug-likeness (QED) is 0.881. The van der Waals surface area contributed by atoms with Gasteiger partial charge in [-0.15, -0.1) is 0 Å². The number of aryl methyl sites for hydroxylation is 1. The smallest absolute Gasteiger partial charge is 0.336 e. The molecule has 0 radical (unpaired) electrons. The molecule has 0 heterocycles. The first-order chi connectivity index (χ1) is 9.06. The second kappa shape index (κ2) is 5.14. The van der Waals surface area contributed by atoms with Gasteiger partial charge < -0.3 is 10.2 Å². The van der Waals surface area contributed by atoms with Gasteiger partial charge in [-0.05, 0) is 36.1 Å². The molecule has 3 heteroatoms. The largest absolute Gasteiger partial charge is 0.507 e. The molecule has 3 nitrogen and oxygen atoms in total. The maximum Gasteiger partial charge on any atom is 0.336 e. The van der Waals surface area contributed by atoms with Crippen molar-refractivity contribution >= 4 is 5.97 Å². The molecule has 0 aliphatic carbocycles. The van der Waals surface area contributed by atoms with Crippen LogP contribution < -0.4 is 0 Å². The van der Waals surface area contributed by atoms with Gasteiger partial charge in [-0.2, -0.15) is 0 Å². The number of benzene rings is 2. The van der Waals surface area contributed by atoms with Crippen molar-refractivity contribution in [2.24, 2.45) is 0 Å². The second-order valence-electron chi connectivity index (χ2n) is 4.46.